The van der Waals surface area contributed by atoms with E-state index in [0.717, 1.165) is 18.4 Å². The summed E-state index contributed by atoms with van der Waals surface area (Å²) in [5, 5.41) is 10.1. The van der Waals surface area contributed by atoms with E-state index >= 15 is 0 Å². The van der Waals surface area contributed by atoms with Crippen LogP contribution in [0.2, 0.25) is 15.1 Å². The number of rotatable bonds is 5. The minimum Gasteiger partial charge on any atom is -0.455 e. The van der Waals surface area contributed by atoms with Crippen LogP contribution in [0.25, 0.3) is 0 Å². The molecule has 2 fully saturated rings. The summed E-state index contributed by atoms with van der Waals surface area (Å²) < 4.78 is 5.29. The van der Waals surface area contributed by atoms with Crippen LogP contribution in [0.5, 0.6) is 0 Å². The third-order valence-corrected chi connectivity index (χ3v) is 7.13. The minimum absolute atomic E-state index is 0.0275. The number of ether oxygens (including phenoxy) is 1. The molecule has 2 atom stereocenters. The molecule has 0 radical (unpaired) electrons. The maximum Gasteiger partial charge on any atom is 0.311 e. The summed E-state index contributed by atoms with van der Waals surface area (Å²) in [7, 11) is 0. The summed E-state index contributed by atoms with van der Waals surface area (Å²) in [6, 6.07) is 11.7. The second-order valence-electron chi connectivity index (χ2n) is 8.21. The van der Waals surface area contributed by atoms with E-state index in [9.17, 15) is 14.4 Å². The summed E-state index contributed by atoms with van der Waals surface area (Å²) >= 11 is 18.2. The first-order valence-electron chi connectivity index (χ1n) is 10.7. The number of carbonyl (C=O) groups is 3. The number of anilines is 1. The predicted molar refractivity (Wildman–Crippen MR) is 128 cm³/mol. The van der Waals surface area contributed by atoms with E-state index in [4.69, 9.17) is 44.8 Å². The Balaban J connectivity index is 1.35. The maximum atomic E-state index is 12.8. The molecule has 0 spiro atoms. The highest BCUT2D eigenvalue weighted by molar-refractivity contribution is 6.42. The number of hydrogen-bond donors (Lipinski definition) is 0. The summed E-state index contributed by atoms with van der Waals surface area (Å²) in [6.07, 6.45) is 1.57. The molecule has 0 saturated carbocycles. The van der Waals surface area contributed by atoms with Gasteiger partial charge in [-0.05, 0) is 48.7 Å². The molecule has 2 aliphatic heterocycles. The summed E-state index contributed by atoms with van der Waals surface area (Å²) in [5.74, 6) is -1.86. The molecule has 0 aromatic heterocycles. The molecular formula is C24H20Cl3N3O4. The van der Waals surface area contributed by atoms with Crippen LogP contribution in [0.3, 0.4) is 0 Å². The first-order chi connectivity index (χ1) is 16.3. The molecule has 2 aliphatic rings. The minimum atomic E-state index is -0.695. The van der Waals surface area contributed by atoms with E-state index in [0.29, 0.717) is 27.8 Å². The van der Waals surface area contributed by atoms with Gasteiger partial charge in [0.15, 0.2) is 6.61 Å². The van der Waals surface area contributed by atoms with Crippen LogP contribution in [0, 0.1) is 17.2 Å². The fourth-order valence-electron chi connectivity index (χ4n) is 4.34. The molecule has 2 aromatic rings. The van der Waals surface area contributed by atoms with E-state index in [1.54, 1.807) is 23.1 Å². The number of esters is 1. The lowest BCUT2D eigenvalue weighted by atomic mass is 10.0. The SMILES string of the molecule is N#Cc1ccc(N2CC(C(=O)OCC(=O)N3CCCC3c3ccc(Cl)c(Cl)c3)CC2=O)cc1Cl. The Labute approximate surface area is 211 Å². The Morgan fingerprint density at radius 3 is 2.59 bits per heavy atom. The monoisotopic (exact) mass is 519 g/mol. The topological polar surface area (TPSA) is 90.7 Å². The Kier molecular flexibility index (Phi) is 7.32. The average molecular weight is 521 g/mol. The Morgan fingerprint density at radius 1 is 1.09 bits per heavy atom. The zero-order valence-electron chi connectivity index (χ0n) is 18.0. The molecule has 176 valence electrons. The van der Waals surface area contributed by atoms with Crippen molar-refractivity contribution in [3.05, 3.63) is 62.6 Å². The highest BCUT2D eigenvalue weighted by Gasteiger charge is 2.37. The van der Waals surface area contributed by atoms with Crippen molar-refractivity contribution in [1.82, 2.24) is 4.90 Å². The highest BCUT2D eigenvalue weighted by atomic mass is 35.5. The summed E-state index contributed by atoms with van der Waals surface area (Å²) in [6.45, 7) is 0.268. The smallest absolute Gasteiger partial charge is 0.311 e. The van der Waals surface area contributed by atoms with Crippen LogP contribution < -0.4 is 4.90 Å². The zero-order chi connectivity index (χ0) is 24.4. The number of halogens is 3. The van der Waals surface area contributed by atoms with Crippen molar-refractivity contribution in [2.45, 2.75) is 25.3 Å². The molecule has 7 nitrogen and oxygen atoms in total. The van der Waals surface area contributed by atoms with Crippen molar-refractivity contribution in [3.63, 3.8) is 0 Å². The van der Waals surface area contributed by atoms with Gasteiger partial charge >= 0.3 is 5.97 Å². The van der Waals surface area contributed by atoms with Gasteiger partial charge in [0.05, 0.1) is 32.6 Å². The second-order valence-corrected chi connectivity index (χ2v) is 9.43. The van der Waals surface area contributed by atoms with Crippen molar-refractivity contribution in [3.8, 4) is 6.07 Å². The Hall–Kier alpha value is -2.79. The molecule has 0 bridgehead atoms. The molecule has 2 saturated heterocycles. The van der Waals surface area contributed by atoms with E-state index in [-0.39, 0.29) is 35.8 Å². The van der Waals surface area contributed by atoms with Gasteiger partial charge in [-0.1, -0.05) is 40.9 Å². The molecular weight excluding hydrogens is 501 g/mol. The first kappa shape index (κ1) is 24.3. The molecule has 34 heavy (non-hydrogen) atoms. The van der Waals surface area contributed by atoms with Gasteiger partial charge in [0.25, 0.3) is 5.91 Å². The maximum absolute atomic E-state index is 12.8. The highest BCUT2D eigenvalue weighted by Crippen LogP contribution is 2.35. The van der Waals surface area contributed by atoms with Crippen LogP contribution in [0.1, 0.15) is 36.4 Å². The van der Waals surface area contributed by atoms with Crippen molar-refractivity contribution in [1.29, 1.82) is 5.26 Å². The fraction of sp³-hybridized carbons (Fsp3) is 0.333. The van der Waals surface area contributed by atoms with E-state index in [1.165, 1.54) is 17.0 Å². The number of likely N-dealkylation sites (tertiary alicyclic amines) is 1. The second kappa shape index (κ2) is 10.2. The predicted octanol–water partition coefficient (Wildman–Crippen LogP) is 4.78. The third-order valence-electron chi connectivity index (χ3n) is 6.08. The third kappa shape index (κ3) is 5.00. The van der Waals surface area contributed by atoms with Crippen molar-refractivity contribution in [2.24, 2.45) is 5.92 Å². The molecule has 10 heteroatoms. The van der Waals surface area contributed by atoms with Crippen LogP contribution in [0.4, 0.5) is 5.69 Å². The molecule has 4 rings (SSSR count). The van der Waals surface area contributed by atoms with Gasteiger partial charge < -0.3 is 14.5 Å². The van der Waals surface area contributed by atoms with Gasteiger partial charge in [-0.2, -0.15) is 5.26 Å². The molecule has 2 unspecified atom stereocenters. The number of hydrogen-bond acceptors (Lipinski definition) is 5. The number of carbonyl (C=O) groups excluding carboxylic acids is 3. The normalized spacial score (nSPS) is 19.9. The summed E-state index contributed by atoms with van der Waals surface area (Å²) in [4.78, 5) is 41.0. The van der Waals surface area contributed by atoms with Crippen LogP contribution >= 0.6 is 34.8 Å². The molecule has 2 amide bonds. The zero-order valence-corrected chi connectivity index (χ0v) is 20.2. The largest absolute Gasteiger partial charge is 0.455 e. The first-order valence-corrected chi connectivity index (χ1v) is 11.8. The van der Waals surface area contributed by atoms with Crippen LogP contribution in [-0.4, -0.2) is 42.4 Å². The molecule has 2 aromatic carbocycles. The lowest BCUT2D eigenvalue weighted by molar-refractivity contribution is -0.155. The van der Waals surface area contributed by atoms with Gasteiger partial charge in [0.2, 0.25) is 5.91 Å². The molecule has 2 heterocycles. The van der Waals surface area contributed by atoms with E-state index in [1.807, 2.05) is 12.1 Å². The van der Waals surface area contributed by atoms with Crippen molar-refractivity contribution < 1.29 is 19.1 Å². The van der Waals surface area contributed by atoms with Crippen LogP contribution in [0.15, 0.2) is 36.4 Å². The van der Waals surface area contributed by atoms with Crippen molar-refractivity contribution >= 4 is 58.3 Å². The van der Waals surface area contributed by atoms with E-state index in [2.05, 4.69) is 0 Å². The number of benzene rings is 2. The lowest BCUT2D eigenvalue weighted by Crippen LogP contribution is -2.35. The number of nitrogens with zero attached hydrogens (tertiary/aromatic N) is 3. The van der Waals surface area contributed by atoms with Gasteiger partial charge in [-0.3, -0.25) is 14.4 Å². The Morgan fingerprint density at radius 2 is 1.88 bits per heavy atom. The molecule has 0 N–H and O–H groups in total. The van der Waals surface area contributed by atoms with Gasteiger partial charge in [0, 0.05) is 25.2 Å². The lowest BCUT2D eigenvalue weighted by Gasteiger charge is -2.25. The van der Waals surface area contributed by atoms with Crippen molar-refractivity contribution in [2.75, 3.05) is 24.6 Å². The Bertz CT molecular complexity index is 1200. The number of amides is 2. The quantitative estimate of drug-likeness (QED) is 0.529. The summed E-state index contributed by atoms with van der Waals surface area (Å²) in [5.41, 5.74) is 1.68. The van der Waals surface area contributed by atoms with Gasteiger partial charge in [-0.15, -0.1) is 0 Å². The molecule has 0 aliphatic carbocycles. The van der Waals surface area contributed by atoms with Gasteiger partial charge in [-0.25, -0.2) is 0 Å². The van der Waals surface area contributed by atoms with E-state index < -0.39 is 18.5 Å². The number of nitriles is 1. The fourth-order valence-corrected chi connectivity index (χ4v) is 4.87. The van der Waals surface area contributed by atoms with Gasteiger partial charge in [0.1, 0.15) is 6.07 Å². The standard InChI is InChI=1S/C24H20Cl3N3O4/c25-18-6-4-14(8-20(18)27)21-2-1-7-29(21)23(32)13-34-24(33)16-9-22(31)30(12-16)17-5-3-15(11-28)19(26)10-17/h3-6,8,10,16,21H,1-2,7,9,12-13H2. The average Bonchev–Trinajstić information content (AvgIpc) is 3.46. The van der Waals surface area contributed by atoms with Crippen LogP contribution in [-0.2, 0) is 19.1 Å².